The number of benzene rings is 2. The van der Waals surface area contributed by atoms with Crippen molar-refractivity contribution in [1.82, 2.24) is 4.98 Å². The van der Waals surface area contributed by atoms with E-state index in [1.165, 1.54) is 7.11 Å². The summed E-state index contributed by atoms with van der Waals surface area (Å²) in [5.74, 6) is 0.377. The standard InChI is InChI=1S/C24H24N2O5/c1-29-26-22(20-5-3-2-4-6-20)17-30-21-11-7-19(8-12-21)16-31-23-13-9-18(15-25-23)10-14-24(27)28/h2-9,11-13,15H,10,14,16-17H2,1H3,(H,27,28)/b26-22+. The van der Waals surface area contributed by atoms with E-state index < -0.39 is 5.97 Å². The summed E-state index contributed by atoms with van der Waals surface area (Å²) in [5.41, 5.74) is 3.48. The predicted molar refractivity (Wildman–Crippen MR) is 116 cm³/mol. The Bertz CT molecular complexity index is 987. The lowest BCUT2D eigenvalue weighted by molar-refractivity contribution is -0.136. The third-order valence-corrected chi connectivity index (χ3v) is 4.42. The van der Waals surface area contributed by atoms with Gasteiger partial charge in [0.15, 0.2) is 0 Å². The number of pyridine rings is 1. The minimum atomic E-state index is -0.824. The van der Waals surface area contributed by atoms with E-state index in [-0.39, 0.29) is 13.0 Å². The first-order valence-electron chi connectivity index (χ1n) is 9.81. The molecule has 1 N–H and O–H groups in total. The van der Waals surface area contributed by atoms with Crippen LogP contribution in [-0.4, -0.2) is 35.5 Å². The Morgan fingerprint density at radius 1 is 0.968 bits per heavy atom. The van der Waals surface area contributed by atoms with E-state index in [2.05, 4.69) is 10.1 Å². The lowest BCUT2D eigenvalue weighted by atomic mass is 10.1. The number of hydrogen-bond donors (Lipinski definition) is 1. The molecular formula is C24H24N2O5. The molecule has 0 saturated heterocycles. The summed E-state index contributed by atoms with van der Waals surface area (Å²) in [6, 6.07) is 20.9. The van der Waals surface area contributed by atoms with Crippen molar-refractivity contribution in [1.29, 1.82) is 0 Å². The van der Waals surface area contributed by atoms with E-state index in [0.717, 1.165) is 16.7 Å². The van der Waals surface area contributed by atoms with Gasteiger partial charge in [0.2, 0.25) is 5.88 Å². The molecule has 3 rings (SSSR count). The molecular weight excluding hydrogens is 396 g/mol. The molecule has 0 aliphatic heterocycles. The van der Waals surface area contributed by atoms with Gasteiger partial charge in [-0.25, -0.2) is 4.98 Å². The smallest absolute Gasteiger partial charge is 0.303 e. The average molecular weight is 420 g/mol. The average Bonchev–Trinajstić information content (AvgIpc) is 2.81. The lowest BCUT2D eigenvalue weighted by Crippen LogP contribution is -2.13. The second-order valence-electron chi connectivity index (χ2n) is 6.71. The topological polar surface area (TPSA) is 90.2 Å². The van der Waals surface area contributed by atoms with Crippen LogP contribution in [0.5, 0.6) is 11.6 Å². The van der Waals surface area contributed by atoms with Gasteiger partial charge in [-0.2, -0.15) is 0 Å². The maximum Gasteiger partial charge on any atom is 0.303 e. The number of aliphatic carboxylic acids is 1. The third kappa shape index (κ3) is 7.15. The van der Waals surface area contributed by atoms with Crippen molar-refractivity contribution in [2.45, 2.75) is 19.4 Å². The molecule has 0 saturated carbocycles. The maximum atomic E-state index is 10.6. The maximum absolute atomic E-state index is 10.6. The Morgan fingerprint density at radius 2 is 1.71 bits per heavy atom. The molecule has 0 amide bonds. The quantitative estimate of drug-likeness (QED) is 0.371. The zero-order chi connectivity index (χ0) is 21.9. The number of carboxylic acid groups (broad SMARTS) is 1. The monoisotopic (exact) mass is 420 g/mol. The zero-order valence-corrected chi connectivity index (χ0v) is 17.2. The predicted octanol–water partition coefficient (Wildman–Crippen LogP) is 4.11. The van der Waals surface area contributed by atoms with Crippen LogP contribution in [0.15, 0.2) is 78.1 Å². The molecule has 0 spiro atoms. The highest BCUT2D eigenvalue weighted by molar-refractivity contribution is 6.01. The van der Waals surface area contributed by atoms with Crippen molar-refractivity contribution >= 4 is 11.7 Å². The molecule has 3 aromatic rings. The Labute approximate surface area is 180 Å². The van der Waals surface area contributed by atoms with E-state index >= 15 is 0 Å². The van der Waals surface area contributed by atoms with E-state index in [0.29, 0.717) is 30.4 Å². The number of aryl methyl sites for hydroxylation is 1. The Morgan fingerprint density at radius 3 is 2.35 bits per heavy atom. The summed E-state index contributed by atoms with van der Waals surface area (Å²) >= 11 is 0. The van der Waals surface area contributed by atoms with Crippen molar-refractivity contribution in [2.75, 3.05) is 13.7 Å². The van der Waals surface area contributed by atoms with Crippen LogP contribution in [0.1, 0.15) is 23.1 Å². The number of aromatic nitrogens is 1. The van der Waals surface area contributed by atoms with Crippen LogP contribution < -0.4 is 9.47 Å². The van der Waals surface area contributed by atoms with Crippen LogP contribution >= 0.6 is 0 Å². The highest BCUT2D eigenvalue weighted by Gasteiger charge is 2.06. The second kappa shape index (κ2) is 11.3. The van der Waals surface area contributed by atoms with Gasteiger partial charge in [0.25, 0.3) is 0 Å². The number of ether oxygens (including phenoxy) is 2. The summed E-state index contributed by atoms with van der Waals surface area (Å²) in [4.78, 5) is 19.8. The van der Waals surface area contributed by atoms with E-state index in [1.807, 2.05) is 60.7 Å². The van der Waals surface area contributed by atoms with Crippen LogP contribution in [0, 0.1) is 0 Å². The van der Waals surface area contributed by atoms with Gasteiger partial charge in [-0.3, -0.25) is 4.79 Å². The minimum Gasteiger partial charge on any atom is -0.487 e. The lowest BCUT2D eigenvalue weighted by Gasteiger charge is -2.10. The molecule has 1 aromatic heterocycles. The fourth-order valence-electron chi connectivity index (χ4n) is 2.79. The van der Waals surface area contributed by atoms with Crippen molar-refractivity contribution in [3.8, 4) is 11.6 Å². The summed E-state index contributed by atoms with van der Waals surface area (Å²) in [7, 11) is 1.51. The van der Waals surface area contributed by atoms with Gasteiger partial charge < -0.3 is 19.4 Å². The summed E-state index contributed by atoms with van der Waals surface area (Å²) in [6.07, 6.45) is 2.17. The number of carboxylic acids is 1. The van der Waals surface area contributed by atoms with Gasteiger partial charge in [0.05, 0.1) is 0 Å². The van der Waals surface area contributed by atoms with Gasteiger partial charge in [-0.05, 0) is 29.7 Å². The second-order valence-corrected chi connectivity index (χ2v) is 6.71. The van der Waals surface area contributed by atoms with Gasteiger partial charge >= 0.3 is 5.97 Å². The van der Waals surface area contributed by atoms with Crippen molar-refractivity contribution in [3.63, 3.8) is 0 Å². The molecule has 0 bridgehead atoms. The summed E-state index contributed by atoms with van der Waals surface area (Å²) < 4.78 is 11.5. The fourth-order valence-corrected chi connectivity index (χ4v) is 2.79. The molecule has 0 aliphatic carbocycles. The third-order valence-electron chi connectivity index (χ3n) is 4.42. The highest BCUT2D eigenvalue weighted by atomic mass is 16.6. The molecule has 0 fully saturated rings. The Balaban J connectivity index is 1.50. The molecule has 31 heavy (non-hydrogen) atoms. The first-order valence-corrected chi connectivity index (χ1v) is 9.81. The largest absolute Gasteiger partial charge is 0.487 e. The Hall–Kier alpha value is -3.87. The van der Waals surface area contributed by atoms with Gasteiger partial charge in [0.1, 0.15) is 31.8 Å². The van der Waals surface area contributed by atoms with Crippen LogP contribution in [0.2, 0.25) is 0 Å². The fraction of sp³-hybridized carbons (Fsp3) is 0.208. The molecule has 0 radical (unpaired) electrons. The first-order chi connectivity index (χ1) is 15.1. The number of oxime groups is 1. The van der Waals surface area contributed by atoms with Crippen molar-refractivity contribution in [3.05, 3.63) is 89.6 Å². The highest BCUT2D eigenvalue weighted by Crippen LogP contribution is 2.16. The van der Waals surface area contributed by atoms with E-state index in [1.54, 1.807) is 12.3 Å². The van der Waals surface area contributed by atoms with Crippen LogP contribution in [0.25, 0.3) is 0 Å². The number of rotatable bonds is 11. The molecule has 2 aromatic carbocycles. The normalized spacial score (nSPS) is 11.1. The SMILES string of the molecule is CO/N=C(\COc1ccc(COc2ccc(CCC(=O)O)cn2)cc1)c1ccccc1. The molecule has 160 valence electrons. The molecule has 0 atom stereocenters. The van der Waals surface area contributed by atoms with Gasteiger partial charge in [-0.15, -0.1) is 0 Å². The summed E-state index contributed by atoms with van der Waals surface area (Å²) in [6.45, 7) is 0.647. The molecule has 7 heteroatoms. The number of nitrogens with zero attached hydrogens (tertiary/aromatic N) is 2. The molecule has 0 unspecified atom stereocenters. The number of hydrogen-bond acceptors (Lipinski definition) is 6. The Kier molecular flexibility index (Phi) is 7.99. The number of carbonyl (C=O) groups is 1. The van der Waals surface area contributed by atoms with Gasteiger partial charge in [-0.1, -0.05) is 53.7 Å². The van der Waals surface area contributed by atoms with Gasteiger partial charge in [0, 0.05) is 24.2 Å². The molecule has 0 aliphatic rings. The minimum absolute atomic E-state index is 0.0838. The van der Waals surface area contributed by atoms with Crippen LogP contribution in [0.3, 0.4) is 0 Å². The van der Waals surface area contributed by atoms with Crippen LogP contribution in [0.4, 0.5) is 0 Å². The zero-order valence-electron chi connectivity index (χ0n) is 17.2. The van der Waals surface area contributed by atoms with E-state index in [4.69, 9.17) is 19.4 Å². The summed E-state index contributed by atoms with van der Waals surface area (Å²) in [5, 5.41) is 12.8. The van der Waals surface area contributed by atoms with E-state index in [9.17, 15) is 4.79 Å². The molecule has 7 nitrogen and oxygen atoms in total. The first kappa shape index (κ1) is 21.8. The van der Waals surface area contributed by atoms with Crippen molar-refractivity contribution in [2.24, 2.45) is 5.16 Å². The van der Waals surface area contributed by atoms with Crippen molar-refractivity contribution < 1.29 is 24.2 Å². The van der Waals surface area contributed by atoms with Crippen LogP contribution in [-0.2, 0) is 22.7 Å². The molecule has 1 heterocycles.